The number of ketones is 2. The number of carbonyl (C=O) groups is 2. The molecule has 0 saturated heterocycles. The van der Waals surface area contributed by atoms with Gasteiger partial charge in [0.15, 0.2) is 0 Å². The van der Waals surface area contributed by atoms with Crippen molar-refractivity contribution >= 4 is 30.6 Å². The van der Waals surface area contributed by atoms with Gasteiger partial charge >= 0.3 is 48.2 Å². The molecule has 0 fully saturated rings. The number of halogens is 6. The Balaban J connectivity index is 0.000000496. The van der Waals surface area contributed by atoms with E-state index in [0.717, 1.165) is 33.8 Å². The van der Waals surface area contributed by atoms with E-state index in [4.69, 9.17) is 38.4 Å². The predicted octanol–water partition coefficient (Wildman–Crippen LogP) is 11.9. The summed E-state index contributed by atoms with van der Waals surface area (Å²) >= 11 is -0.106. The van der Waals surface area contributed by atoms with Crippen molar-refractivity contribution in [3.63, 3.8) is 0 Å². The molecule has 0 saturated carbocycles. The summed E-state index contributed by atoms with van der Waals surface area (Å²) in [6.45, 7) is -0.839. The zero-order chi connectivity index (χ0) is 42.7. The molecule has 0 aliphatic heterocycles. The number of alkyl halides is 4. The van der Waals surface area contributed by atoms with Gasteiger partial charge in [0, 0.05) is 48.6 Å². The van der Waals surface area contributed by atoms with E-state index in [-0.39, 0.29) is 46.0 Å². The van der Waals surface area contributed by atoms with Gasteiger partial charge in [-0.15, -0.1) is 0 Å². The SMILES string of the molecule is C#N.CC#N.FC(F)Oc1ccc(C#Cc2cccc(Cc3ccco3)c2)cc1.O=C(C(=O)c1cccc(Cc2ccco2)c1)c1ccc(OC(F)F)cc1.[CH3-].[Cl][Pd][Cl]. The Kier molecular flexibility index (Phi) is 25.1. The Morgan fingerprint density at radius 3 is 1.54 bits per heavy atom. The van der Waals surface area contributed by atoms with Crippen molar-refractivity contribution < 1.29 is 61.4 Å². The topological polar surface area (TPSA) is 126 Å². The van der Waals surface area contributed by atoms with E-state index in [0.29, 0.717) is 12.8 Å². The van der Waals surface area contributed by atoms with E-state index in [1.807, 2.05) is 48.5 Å². The molecule has 0 amide bonds. The number of furan rings is 2. The number of Topliss-reactive ketones (excluding diaryl/α,β-unsaturated/α-hetero) is 2. The van der Waals surface area contributed by atoms with Crippen molar-refractivity contribution in [3.8, 4) is 36.0 Å². The van der Waals surface area contributed by atoms with Crippen LogP contribution in [0.2, 0.25) is 0 Å². The van der Waals surface area contributed by atoms with Crippen LogP contribution in [0.4, 0.5) is 17.6 Å². The molecule has 0 aliphatic rings. The van der Waals surface area contributed by atoms with E-state index < -0.39 is 24.8 Å². The molecular weight excluding hydrogens is 906 g/mol. The van der Waals surface area contributed by atoms with Crippen LogP contribution in [-0.4, -0.2) is 24.8 Å². The molecule has 4 aromatic carbocycles. The number of nitriles is 2. The van der Waals surface area contributed by atoms with E-state index >= 15 is 0 Å². The second-order valence-electron chi connectivity index (χ2n) is 10.9. The molecule has 15 heteroatoms. The first-order chi connectivity index (χ1) is 28.0. The van der Waals surface area contributed by atoms with Crippen LogP contribution in [0.25, 0.3) is 0 Å². The third-order valence-corrected chi connectivity index (χ3v) is 7.01. The fraction of sp³-hybridized carbons (Fsp3) is 0.114. The molecule has 8 nitrogen and oxygen atoms in total. The summed E-state index contributed by atoms with van der Waals surface area (Å²) in [5, 5.41) is 13.8. The van der Waals surface area contributed by atoms with Crippen LogP contribution < -0.4 is 9.47 Å². The van der Waals surface area contributed by atoms with Crippen molar-refractivity contribution in [1.29, 1.82) is 10.5 Å². The molecule has 0 radical (unpaired) electrons. The van der Waals surface area contributed by atoms with E-state index in [1.54, 1.807) is 55.0 Å². The maximum atomic E-state index is 12.4. The Bertz CT molecular complexity index is 2240. The van der Waals surface area contributed by atoms with Gasteiger partial charge in [-0.2, -0.15) is 22.8 Å². The number of benzene rings is 4. The number of carbonyl (C=O) groups excluding carboxylic acids is 2. The zero-order valence-electron chi connectivity index (χ0n) is 31.3. The number of hydrogen-bond donors (Lipinski definition) is 0. The van der Waals surface area contributed by atoms with Crippen molar-refractivity contribution in [2.75, 3.05) is 0 Å². The molecule has 310 valence electrons. The average molecular weight is 941 g/mol. The van der Waals surface area contributed by atoms with Gasteiger partial charge in [0.2, 0.25) is 11.6 Å². The fourth-order valence-electron chi connectivity index (χ4n) is 4.72. The second kappa shape index (κ2) is 29.2. The van der Waals surface area contributed by atoms with Crippen LogP contribution in [-0.2, 0) is 28.8 Å². The Hall–Kier alpha value is -6.12. The van der Waals surface area contributed by atoms with Crippen molar-refractivity contribution in [1.82, 2.24) is 0 Å². The molecular formula is C44H35Cl2F4N2O6Pd-. The van der Waals surface area contributed by atoms with Crippen molar-refractivity contribution in [2.45, 2.75) is 33.0 Å². The summed E-state index contributed by atoms with van der Waals surface area (Å²) in [5.41, 5.74) is 3.91. The molecule has 2 heterocycles. The minimum absolute atomic E-state index is 0. The van der Waals surface area contributed by atoms with Gasteiger partial charge < -0.3 is 25.7 Å². The summed E-state index contributed by atoms with van der Waals surface area (Å²) in [5.74, 6) is 6.38. The summed E-state index contributed by atoms with van der Waals surface area (Å²) in [6, 6.07) is 35.0. The molecule has 59 heavy (non-hydrogen) atoms. The zero-order valence-corrected chi connectivity index (χ0v) is 34.3. The summed E-state index contributed by atoms with van der Waals surface area (Å²) < 4.78 is 67.7. The number of hydrogen-bond acceptors (Lipinski definition) is 8. The first-order valence-corrected chi connectivity index (χ1v) is 20.4. The normalized spacial score (nSPS) is 9.46. The van der Waals surface area contributed by atoms with E-state index in [1.165, 1.54) is 43.3 Å². The molecule has 0 unspecified atom stereocenters. The monoisotopic (exact) mass is 939 g/mol. The summed E-state index contributed by atoms with van der Waals surface area (Å²) in [6.07, 6.45) is 4.43. The van der Waals surface area contributed by atoms with Gasteiger partial charge in [-0.05, 0) is 102 Å². The molecule has 6 aromatic rings. The first kappa shape index (κ1) is 50.9. The number of rotatable bonds is 11. The molecule has 2 aromatic heterocycles. The van der Waals surface area contributed by atoms with E-state index in [2.05, 4.69) is 27.9 Å². The maximum absolute atomic E-state index is 12.4. The van der Waals surface area contributed by atoms with Crippen LogP contribution in [0, 0.1) is 42.4 Å². The van der Waals surface area contributed by atoms with Gasteiger partial charge in [-0.3, -0.25) is 9.59 Å². The Morgan fingerprint density at radius 1 is 0.661 bits per heavy atom. The van der Waals surface area contributed by atoms with Crippen molar-refractivity contribution in [3.05, 3.63) is 186 Å². The van der Waals surface area contributed by atoms with Gasteiger partial charge in [0.05, 0.1) is 18.6 Å². The van der Waals surface area contributed by atoms with Crippen LogP contribution in [0.1, 0.15) is 61.4 Å². The molecule has 0 aliphatic carbocycles. The second-order valence-corrected chi connectivity index (χ2v) is 13.3. The summed E-state index contributed by atoms with van der Waals surface area (Å²) in [7, 11) is 9.63. The van der Waals surface area contributed by atoms with Gasteiger partial charge in [0.25, 0.3) is 0 Å². The Morgan fingerprint density at radius 2 is 1.08 bits per heavy atom. The molecule has 0 bridgehead atoms. The third-order valence-electron chi connectivity index (χ3n) is 7.01. The molecule has 0 spiro atoms. The fourth-order valence-corrected chi connectivity index (χ4v) is 4.72. The van der Waals surface area contributed by atoms with Crippen molar-refractivity contribution in [2.24, 2.45) is 0 Å². The number of ether oxygens (including phenoxy) is 2. The van der Waals surface area contributed by atoms with Gasteiger partial charge in [-0.25, -0.2) is 5.26 Å². The molecule has 0 atom stereocenters. The molecule has 0 N–H and O–H groups in total. The minimum atomic E-state index is -2.95. The van der Waals surface area contributed by atoms with Crippen LogP contribution in [0.3, 0.4) is 0 Å². The predicted molar refractivity (Wildman–Crippen MR) is 213 cm³/mol. The van der Waals surface area contributed by atoms with Gasteiger partial charge in [0.1, 0.15) is 23.0 Å². The van der Waals surface area contributed by atoms with Crippen LogP contribution in [0.15, 0.2) is 143 Å². The quantitative estimate of drug-likeness (QED) is 0.0314. The van der Waals surface area contributed by atoms with Gasteiger partial charge in [-0.1, -0.05) is 42.2 Å². The summed E-state index contributed by atoms with van der Waals surface area (Å²) in [4.78, 5) is 24.8. The average Bonchev–Trinajstić information content (AvgIpc) is 3.94. The van der Waals surface area contributed by atoms with E-state index in [9.17, 15) is 27.2 Å². The van der Waals surface area contributed by atoms with Crippen LogP contribution in [0.5, 0.6) is 11.5 Å². The Labute approximate surface area is 356 Å². The van der Waals surface area contributed by atoms with Crippen LogP contribution >= 0.6 is 19.1 Å². The first-order valence-electron chi connectivity index (χ1n) is 16.4. The number of nitrogens with zero attached hydrogens (tertiary/aromatic N) is 2. The molecule has 6 rings (SSSR count). The third kappa shape index (κ3) is 19.7. The standard InChI is InChI=1S/C20H14F2O4.C20H14F2O2.C2H3N.CHN.CH3.2ClH.Pd/c21-20(22)26-16-8-6-14(7-9-16)18(23)19(24)15-4-1-3-13(11-15)12-17-5-2-10-25-17;21-20(22)24-18-10-8-15(9-11-18)6-7-16-3-1-4-17(13-16)14-19-5-2-12-23-19;1-2-3;1-2;;;;/h1-11,20H,12H2;1-5,8-13,20H,14H2;1H3;1H;1H3;2*1H;/q;;;;-1;;;+2/p-2.